The highest BCUT2D eigenvalue weighted by molar-refractivity contribution is 5.78. The van der Waals surface area contributed by atoms with E-state index in [0.29, 0.717) is 0 Å². The summed E-state index contributed by atoms with van der Waals surface area (Å²) in [6.45, 7) is 1.09. The topological polar surface area (TPSA) is 63.6 Å². The Morgan fingerprint density at radius 1 is 1.47 bits per heavy atom. The first-order valence-corrected chi connectivity index (χ1v) is 4.16. The van der Waals surface area contributed by atoms with Gasteiger partial charge in [-0.25, -0.2) is 9.18 Å². The lowest BCUT2D eigenvalue weighted by atomic mass is 10.1. The van der Waals surface area contributed by atoms with Crippen molar-refractivity contribution < 1.29 is 23.8 Å². The number of carboxylic acids is 1. The van der Waals surface area contributed by atoms with Gasteiger partial charge in [-0.1, -0.05) is 12.1 Å². The quantitative estimate of drug-likeness (QED) is 0.771. The average Bonchev–Trinajstić information content (AvgIpc) is 2.13. The minimum absolute atomic E-state index is 0.0951. The van der Waals surface area contributed by atoms with Gasteiger partial charge in [0.2, 0.25) is 6.10 Å². The van der Waals surface area contributed by atoms with E-state index in [9.17, 15) is 14.0 Å². The maximum atomic E-state index is 12.8. The highest BCUT2D eigenvalue weighted by atomic mass is 19.1. The Bertz CT molecular complexity index is 389. The predicted octanol–water partition coefficient (Wildman–Crippen LogP) is 1.51. The number of benzene rings is 1. The molecular weight excluding hydrogens is 203 g/mol. The molecule has 0 heterocycles. The molecule has 0 radical (unpaired) electrons. The number of carbonyl (C=O) groups is 2. The molecule has 0 aliphatic heterocycles. The molecule has 1 rings (SSSR count). The number of halogens is 1. The minimum atomic E-state index is -1.46. The molecule has 1 aromatic rings. The van der Waals surface area contributed by atoms with Gasteiger partial charge in [-0.3, -0.25) is 4.79 Å². The smallest absolute Gasteiger partial charge is 0.349 e. The third-order valence-corrected chi connectivity index (χ3v) is 1.66. The van der Waals surface area contributed by atoms with Crippen LogP contribution in [0, 0.1) is 5.82 Å². The fourth-order valence-corrected chi connectivity index (χ4v) is 1.10. The lowest BCUT2D eigenvalue weighted by Crippen LogP contribution is -2.17. The second kappa shape index (κ2) is 4.54. The van der Waals surface area contributed by atoms with Gasteiger partial charge in [0.1, 0.15) is 5.82 Å². The molecular formula is C10H9FO4. The number of hydrogen-bond donors (Lipinski definition) is 1. The molecule has 1 unspecified atom stereocenters. The van der Waals surface area contributed by atoms with Crippen LogP contribution in [0.2, 0.25) is 0 Å². The summed E-state index contributed by atoms with van der Waals surface area (Å²) in [6, 6.07) is 4.92. The van der Waals surface area contributed by atoms with Gasteiger partial charge in [-0.2, -0.15) is 0 Å². The molecule has 1 aromatic carbocycles. The van der Waals surface area contributed by atoms with Gasteiger partial charge in [-0.05, 0) is 12.1 Å². The summed E-state index contributed by atoms with van der Waals surface area (Å²) in [5, 5.41) is 8.77. The third kappa shape index (κ3) is 3.05. The van der Waals surface area contributed by atoms with Crippen molar-refractivity contribution in [1.82, 2.24) is 0 Å². The second-order valence-corrected chi connectivity index (χ2v) is 2.88. The Morgan fingerprint density at radius 2 is 2.13 bits per heavy atom. The van der Waals surface area contributed by atoms with Crippen LogP contribution >= 0.6 is 0 Å². The van der Waals surface area contributed by atoms with Crippen molar-refractivity contribution in [2.45, 2.75) is 13.0 Å². The van der Waals surface area contributed by atoms with Crippen LogP contribution in [0.15, 0.2) is 24.3 Å². The van der Waals surface area contributed by atoms with E-state index in [1.54, 1.807) is 0 Å². The number of rotatable bonds is 3. The van der Waals surface area contributed by atoms with E-state index in [4.69, 9.17) is 5.11 Å². The molecule has 0 saturated carbocycles. The molecule has 1 atom stereocenters. The summed E-state index contributed by atoms with van der Waals surface area (Å²) in [4.78, 5) is 21.4. The van der Waals surface area contributed by atoms with Gasteiger partial charge >= 0.3 is 11.9 Å². The number of ether oxygens (including phenoxy) is 1. The standard InChI is InChI=1S/C10H9FO4/c1-6(12)15-9(10(13)14)7-3-2-4-8(11)5-7/h2-5,9H,1H3,(H,13,14). The average molecular weight is 212 g/mol. The van der Waals surface area contributed by atoms with Crippen LogP contribution in [0.3, 0.4) is 0 Å². The summed E-state index contributed by atoms with van der Waals surface area (Å²) in [7, 11) is 0. The third-order valence-electron chi connectivity index (χ3n) is 1.66. The van der Waals surface area contributed by atoms with E-state index in [1.165, 1.54) is 18.2 Å². The van der Waals surface area contributed by atoms with Crippen molar-refractivity contribution in [2.24, 2.45) is 0 Å². The van der Waals surface area contributed by atoms with Crippen molar-refractivity contribution in [3.05, 3.63) is 35.6 Å². The van der Waals surface area contributed by atoms with E-state index < -0.39 is 23.9 Å². The Labute approximate surface area is 85.3 Å². The molecule has 4 nitrogen and oxygen atoms in total. The lowest BCUT2D eigenvalue weighted by molar-refractivity contribution is -0.163. The van der Waals surface area contributed by atoms with Gasteiger partial charge in [0.25, 0.3) is 0 Å². The molecule has 0 aliphatic rings. The molecule has 0 amide bonds. The first-order valence-electron chi connectivity index (χ1n) is 4.16. The monoisotopic (exact) mass is 212 g/mol. The van der Waals surface area contributed by atoms with Crippen LogP contribution in [0.25, 0.3) is 0 Å². The zero-order valence-electron chi connectivity index (χ0n) is 7.94. The maximum Gasteiger partial charge on any atom is 0.349 e. The van der Waals surface area contributed by atoms with Crippen molar-refractivity contribution in [3.8, 4) is 0 Å². The molecule has 0 saturated heterocycles. The Balaban J connectivity index is 2.98. The molecule has 80 valence electrons. The number of carboxylic acid groups (broad SMARTS) is 1. The van der Waals surface area contributed by atoms with E-state index in [1.807, 2.05) is 0 Å². The van der Waals surface area contributed by atoms with Crippen molar-refractivity contribution in [1.29, 1.82) is 0 Å². The van der Waals surface area contributed by atoms with E-state index in [-0.39, 0.29) is 5.56 Å². The summed E-state index contributed by atoms with van der Waals surface area (Å²) in [5.41, 5.74) is 0.0951. The summed E-state index contributed by atoms with van der Waals surface area (Å²) >= 11 is 0. The van der Waals surface area contributed by atoms with Crippen molar-refractivity contribution in [3.63, 3.8) is 0 Å². The first kappa shape index (κ1) is 11.2. The molecule has 0 spiro atoms. The minimum Gasteiger partial charge on any atom is -0.478 e. The molecule has 0 fully saturated rings. The maximum absolute atomic E-state index is 12.8. The molecule has 1 N–H and O–H groups in total. The molecule has 15 heavy (non-hydrogen) atoms. The summed E-state index contributed by atoms with van der Waals surface area (Å²) in [5.74, 6) is -2.65. The zero-order chi connectivity index (χ0) is 11.4. The lowest BCUT2D eigenvalue weighted by Gasteiger charge is -2.12. The number of hydrogen-bond acceptors (Lipinski definition) is 3. The highest BCUT2D eigenvalue weighted by Crippen LogP contribution is 2.18. The predicted molar refractivity (Wildman–Crippen MR) is 48.5 cm³/mol. The Hall–Kier alpha value is -1.91. The van der Waals surface area contributed by atoms with Crippen LogP contribution in [-0.2, 0) is 14.3 Å². The molecule has 5 heteroatoms. The fraction of sp³-hybridized carbons (Fsp3) is 0.200. The van der Waals surface area contributed by atoms with Gasteiger partial charge < -0.3 is 9.84 Å². The highest BCUT2D eigenvalue weighted by Gasteiger charge is 2.23. The number of esters is 1. The number of aliphatic carboxylic acids is 1. The van der Waals surface area contributed by atoms with Gasteiger partial charge in [0.05, 0.1) is 0 Å². The zero-order valence-corrected chi connectivity index (χ0v) is 7.94. The fourth-order valence-electron chi connectivity index (χ4n) is 1.10. The SMILES string of the molecule is CC(=O)OC(C(=O)O)c1cccc(F)c1. The van der Waals surface area contributed by atoms with Crippen LogP contribution in [-0.4, -0.2) is 17.0 Å². The van der Waals surface area contributed by atoms with Gasteiger partial charge in [0.15, 0.2) is 0 Å². The van der Waals surface area contributed by atoms with E-state index in [0.717, 1.165) is 13.0 Å². The normalized spacial score (nSPS) is 11.9. The largest absolute Gasteiger partial charge is 0.478 e. The molecule has 0 aliphatic carbocycles. The van der Waals surface area contributed by atoms with Crippen LogP contribution in [0.4, 0.5) is 4.39 Å². The summed E-state index contributed by atoms with van der Waals surface area (Å²) < 4.78 is 17.3. The van der Waals surface area contributed by atoms with Crippen LogP contribution < -0.4 is 0 Å². The van der Waals surface area contributed by atoms with Crippen LogP contribution in [0.1, 0.15) is 18.6 Å². The summed E-state index contributed by atoms with van der Waals surface area (Å²) in [6.07, 6.45) is -1.46. The Morgan fingerprint density at radius 3 is 2.60 bits per heavy atom. The van der Waals surface area contributed by atoms with E-state index in [2.05, 4.69) is 4.74 Å². The van der Waals surface area contributed by atoms with Gasteiger partial charge in [0, 0.05) is 12.5 Å². The molecule has 0 aromatic heterocycles. The second-order valence-electron chi connectivity index (χ2n) is 2.88. The molecule has 0 bridgehead atoms. The Kier molecular flexibility index (Phi) is 3.38. The van der Waals surface area contributed by atoms with Crippen LogP contribution in [0.5, 0.6) is 0 Å². The number of carbonyl (C=O) groups excluding carboxylic acids is 1. The van der Waals surface area contributed by atoms with Crippen molar-refractivity contribution in [2.75, 3.05) is 0 Å². The van der Waals surface area contributed by atoms with E-state index >= 15 is 0 Å². The van der Waals surface area contributed by atoms with Crippen molar-refractivity contribution >= 4 is 11.9 Å². The first-order chi connectivity index (χ1) is 7.00. The van der Waals surface area contributed by atoms with Gasteiger partial charge in [-0.15, -0.1) is 0 Å².